The first-order chi connectivity index (χ1) is 6.61. The van der Waals surface area contributed by atoms with E-state index in [4.69, 9.17) is 0 Å². The molecule has 0 saturated heterocycles. The Morgan fingerprint density at radius 1 is 1.57 bits per heavy atom. The third-order valence-electron chi connectivity index (χ3n) is 2.25. The zero-order valence-corrected chi connectivity index (χ0v) is 7.60. The summed E-state index contributed by atoms with van der Waals surface area (Å²) in [4.78, 5) is 23.1. The van der Waals surface area contributed by atoms with Crippen LogP contribution in [0.1, 0.15) is 22.2 Å². The Morgan fingerprint density at radius 2 is 2.29 bits per heavy atom. The molecular weight excluding hydrogens is 184 g/mol. The van der Waals surface area contributed by atoms with E-state index in [-0.39, 0.29) is 11.8 Å². The number of hydrogen-bond acceptors (Lipinski definition) is 3. The third-order valence-corrected chi connectivity index (χ3v) is 2.25. The van der Waals surface area contributed by atoms with Crippen molar-refractivity contribution in [2.45, 2.75) is 19.1 Å². The van der Waals surface area contributed by atoms with Gasteiger partial charge in [-0.05, 0) is 19.1 Å². The molecule has 74 valence electrons. The molecule has 1 aromatic heterocycles. The first kappa shape index (κ1) is 8.96. The van der Waals surface area contributed by atoms with Crippen LogP contribution in [0.5, 0.6) is 0 Å². The Balaban J connectivity index is 2.44. The molecule has 0 saturated carbocycles. The van der Waals surface area contributed by atoms with Crippen LogP contribution in [0.25, 0.3) is 0 Å². The van der Waals surface area contributed by atoms with Crippen molar-refractivity contribution in [1.82, 2.24) is 9.88 Å². The van der Waals surface area contributed by atoms with E-state index in [9.17, 15) is 14.7 Å². The van der Waals surface area contributed by atoms with Gasteiger partial charge in [-0.1, -0.05) is 0 Å². The lowest BCUT2D eigenvalue weighted by molar-refractivity contribution is 0.0608. The first-order valence-corrected chi connectivity index (χ1v) is 4.32. The molecule has 1 aliphatic rings. The molecule has 0 fully saturated rings. The fraction of sp³-hybridized carbons (Fsp3) is 0.333. The number of amides is 1. The highest BCUT2D eigenvalue weighted by molar-refractivity contribution is 6.04. The summed E-state index contributed by atoms with van der Waals surface area (Å²) in [6.07, 6.45) is 0.633. The van der Waals surface area contributed by atoms with E-state index in [1.54, 1.807) is 12.1 Å². The molecule has 14 heavy (non-hydrogen) atoms. The number of aliphatic hydroxyl groups is 1. The van der Waals surface area contributed by atoms with Crippen molar-refractivity contribution in [2.75, 3.05) is 0 Å². The molecule has 5 nitrogen and oxygen atoms in total. The van der Waals surface area contributed by atoms with E-state index in [0.717, 1.165) is 0 Å². The quantitative estimate of drug-likeness (QED) is 0.640. The number of carbonyl (C=O) groups excluding carboxylic acids is 2. The SMILES string of the molecule is C[C@H](O)[C@@H]1NC(=O)c2cccn2C1=O. The molecule has 0 spiro atoms. The van der Waals surface area contributed by atoms with Crippen LogP contribution in [0.4, 0.5) is 0 Å². The van der Waals surface area contributed by atoms with Gasteiger partial charge >= 0.3 is 0 Å². The monoisotopic (exact) mass is 194 g/mol. The maximum atomic E-state index is 11.7. The number of rotatable bonds is 1. The van der Waals surface area contributed by atoms with Gasteiger partial charge in [0.15, 0.2) is 0 Å². The molecule has 1 amide bonds. The number of aromatic nitrogens is 1. The zero-order chi connectivity index (χ0) is 10.3. The summed E-state index contributed by atoms with van der Waals surface area (Å²) in [7, 11) is 0. The van der Waals surface area contributed by atoms with Gasteiger partial charge < -0.3 is 10.4 Å². The molecule has 5 heteroatoms. The fourth-order valence-corrected chi connectivity index (χ4v) is 1.51. The second-order valence-electron chi connectivity index (χ2n) is 3.29. The van der Waals surface area contributed by atoms with Crippen LogP contribution in [0.2, 0.25) is 0 Å². The van der Waals surface area contributed by atoms with E-state index in [1.165, 1.54) is 17.7 Å². The Kier molecular flexibility index (Phi) is 1.89. The second kappa shape index (κ2) is 2.95. The summed E-state index contributed by atoms with van der Waals surface area (Å²) >= 11 is 0. The lowest BCUT2D eigenvalue weighted by Crippen LogP contribution is -2.54. The zero-order valence-electron chi connectivity index (χ0n) is 7.60. The van der Waals surface area contributed by atoms with Gasteiger partial charge in [-0.2, -0.15) is 0 Å². The molecule has 1 aromatic rings. The lowest BCUT2D eigenvalue weighted by Gasteiger charge is -2.25. The summed E-state index contributed by atoms with van der Waals surface area (Å²) in [6, 6.07) is 2.34. The van der Waals surface area contributed by atoms with Crippen LogP contribution >= 0.6 is 0 Å². The second-order valence-corrected chi connectivity index (χ2v) is 3.29. The predicted molar refractivity (Wildman–Crippen MR) is 48.0 cm³/mol. The smallest absolute Gasteiger partial charge is 0.269 e. The van der Waals surface area contributed by atoms with Gasteiger partial charge in [0.05, 0.1) is 6.10 Å². The van der Waals surface area contributed by atoms with Gasteiger partial charge in [0.25, 0.3) is 11.8 Å². The van der Waals surface area contributed by atoms with Crippen molar-refractivity contribution in [3.05, 3.63) is 24.0 Å². The highest BCUT2D eigenvalue weighted by Crippen LogP contribution is 2.11. The van der Waals surface area contributed by atoms with Crippen molar-refractivity contribution < 1.29 is 14.7 Å². The van der Waals surface area contributed by atoms with Crippen molar-refractivity contribution in [1.29, 1.82) is 0 Å². The predicted octanol–water partition coefficient (Wildman–Crippen LogP) is -0.379. The van der Waals surface area contributed by atoms with Gasteiger partial charge in [0.1, 0.15) is 11.7 Å². The Hall–Kier alpha value is -1.62. The van der Waals surface area contributed by atoms with E-state index in [2.05, 4.69) is 5.32 Å². The van der Waals surface area contributed by atoms with E-state index >= 15 is 0 Å². The van der Waals surface area contributed by atoms with Gasteiger partial charge in [-0.15, -0.1) is 0 Å². The molecule has 2 heterocycles. The lowest BCUT2D eigenvalue weighted by atomic mass is 10.1. The van der Waals surface area contributed by atoms with Gasteiger partial charge in [-0.3, -0.25) is 14.2 Å². The highest BCUT2D eigenvalue weighted by Gasteiger charge is 2.33. The minimum atomic E-state index is -0.887. The van der Waals surface area contributed by atoms with Crippen molar-refractivity contribution in [3.8, 4) is 0 Å². The van der Waals surface area contributed by atoms with Crippen LogP contribution in [-0.2, 0) is 0 Å². The van der Waals surface area contributed by atoms with Crippen molar-refractivity contribution in [3.63, 3.8) is 0 Å². The minimum absolute atomic E-state index is 0.306. The number of carbonyl (C=O) groups is 2. The Bertz CT molecular complexity index is 395. The molecule has 2 N–H and O–H groups in total. The maximum absolute atomic E-state index is 11.7. The van der Waals surface area contributed by atoms with Crippen molar-refractivity contribution >= 4 is 11.8 Å². The van der Waals surface area contributed by atoms with Crippen molar-refractivity contribution in [2.24, 2.45) is 0 Å². The normalized spacial score (nSPS) is 22.9. The number of nitrogens with one attached hydrogen (secondary N) is 1. The minimum Gasteiger partial charge on any atom is -0.391 e. The maximum Gasteiger partial charge on any atom is 0.269 e. The number of hydrogen-bond donors (Lipinski definition) is 2. The first-order valence-electron chi connectivity index (χ1n) is 4.32. The largest absolute Gasteiger partial charge is 0.391 e. The molecule has 0 aliphatic carbocycles. The van der Waals surface area contributed by atoms with E-state index in [1.807, 2.05) is 0 Å². The average molecular weight is 194 g/mol. The summed E-state index contributed by atoms with van der Waals surface area (Å²) in [5.41, 5.74) is 0.312. The summed E-state index contributed by atoms with van der Waals surface area (Å²) in [5, 5.41) is 11.7. The molecule has 1 aliphatic heterocycles. The molecule has 0 unspecified atom stereocenters. The highest BCUT2D eigenvalue weighted by atomic mass is 16.3. The van der Waals surface area contributed by atoms with Crippen LogP contribution in [0.3, 0.4) is 0 Å². The van der Waals surface area contributed by atoms with Crippen LogP contribution < -0.4 is 5.32 Å². The average Bonchev–Trinajstić information content (AvgIpc) is 2.59. The van der Waals surface area contributed by atoms with Gasteiger partial charge in [0, 0.05) is 6.20 Å². The standard InChI is InChI=1S/C9H10N2O3/c1-5(12)7-9(14)11-4-2-3-6(11)8(13)10-7/h2-5,7,12H,1H3,(H,10,13)/t5-,7-/m0/s1. The Morgan fingerprint density at radius 3 is 2.93 bits per heavy atom. The molecule has 2 atom stereocenters. The molecule has 0 bridgehead atoms. The van der Waals surface area contributed by atoms with Crippen LogP contribution in [0, 0.1) is 0 Å². The number of nitrogens with zero attached hydrogens (tertiary/aromatic N) is 1. The number of fused-ring (bicyclic) bond motifs is 1. The summed E-state index contributed by atoms with van der Waals surface area (Å²) < 4.78 is 1.26. The van der Waals surface area contributed by atoms with Crippen LogP contribution in [-0.4, -0.2) is 33.6 Å². The molecule has 2 rings (SSSR count). The summed E-state index contributed by atoms with van der Waals surface area (Å²) in [5.74, 6) is -0.639. The molecule has 0 aromatic carbocycles. The molecule has 0 radical (unpaired) electrons. The van der Waals surface area contributed by atoms with Crippen LogP contribution in [0.15, 0.2) is 18.3 Å². The summed E-state index contributed by atoms with van der Waals surface area (Å²) in [6.45, 7) is 1.47. The Labute approximate surface area is 80.3 Å². The topological polar surface area (TPSA) is 71.3 Å². The van der Waals surface area contributed by atoms with E-state index in [0.29, 0.717) is 5.69 Å². The third kappa shape index (κ3) is 1.13. The number of aliphatic hydroxyl groups excluding tert-OH is 1. The van der Waals surface area contributed by atoms with Gasteiger partial charge in [0.2, 0.25) is 0 Å². The fourth-order valence-electron chi connectivity index (χ4n) is 1.51. The molecular formula is C9H10N2O3. The van der Waals surface area contributed by atoms with E-state index < -0.39 is 12.1 Å². The van der Waals surface area contributed by atoms with Gasteiger partial charge in [-0.25, -0.2) is 0 Å².